The number of carbonyl (C=O) groups excluding carboxylic acids is 1. The van der Waals surface area contributed by atoms with Gasteiger partial charge in [0.15, 0.2) is 0 Å². The van der Waals surface area contributed by atoms with Gasteiger partial charge in [0.05, 0.1) is 0 Å². The lowest BCUT2D eigenvalue weighted by Gasteiger charge is -1.87. The van der Waals surface area contributed by atoms with E-state index in [0.29, 0.717) is 0 Å². The predicted octanol–water partition coefficient (Wildman–Crippen LogP) is -0.271. The van der Waals surface area contributed by atoms with Crippen LogP contribution in [0, 0.1) is 0 Å². The number of amides is 1. The highest BCUT2D eigenvalue weighted by Gasteiger charge is 1.96. The summed E-state index contributed by atoms with van der Waals surface area (Å²) in [6.07, 6.45) is 1.32. The van der Waals surface area contributed by atoms with E-state index in [4.69, 9.17) is 5.73 Å². The SMILES string of the molecule is C=CC(=NC)C(N)=O. The Labute approximate surface area is 47.9 Å². The van der Waals surface area contributed by atoms with E-state index < -0.39 is 5.91 Å². The summed E-state index contributed by atoms with van der Waals surface area (Å²) in [7, 11) is 1.49. The summed E-state index contributed by atoms with van der Waals surface area (Å²) in [5.74, 6) is -0.539. The van der Waals surface area contributed by atoms with Crippen molar-refractivity contribution in [1.29, 1.82) is 0 Å². The lowest BCUT2D eigenvalue weighted by molar-refractivity contribution is -0.111. The average molecular weight is 112 g/mol. The molecule has 0 aromatic rings. The van der Waals surface area contributed by atoms with Crippen molar-refractivity contribution in [3.63, 3.8) is 0 Å². The van der Waals surface area contributed by atoms with Crippen molar-refractivity contribution in [3.05, 3.63) is 12.7 Å². The molecule has 8 heavy (non-hydrogen) atoms. The second-order valence-corrected chi connectivity index (χ2v) is 1.18. The topological polar surface area (TPSA) is 55.4 Å². The van der Waals surface area contributed by atoms with E-state index in [1.165, 1.54) is 13.1 Å². The lowest BCUT2D eigenvalue weighted by Crippen LogP contribution is -2.20. The van der Waals surface area contributed by atoms with Gasteiger partial charge in [-0.3, -0.25) is 9.79 Å². The third-order valence-electron chi connectivity index (χ3n) is 0.687. The van der Waals surface area contributed by atoms with Gasteiger partial charge < -0.3 is 5.73 Å². The Morgan fingerprint density at radius 3 is 2.38 bits per heavy atom. The number of carbonyl (C=O) groups is 1. The summed E-state index contributed by atoms with van der Waals surface area (Å²) in [6.45, 7) is 3.32. The van der Waals surface area contributed by atoms with Crippen molar-refractivity contribution >= 4 is 11.6 Å². The molecule has 0 aliphatic carbocycles. The summed E-state index contributed by atoms with van der Waals surface area (Å²) in [5.41, 5.74) is 5.03. The fourth-order valence-corrected chi connectivity index (χ4v) is 0.302. The molecule has 0 saturated heterocycles. The molecular weight excluding hydrogens is 104 g/mol. The third kappa shape index (κ3) is 1.55. The van der Waals surface area contributed by atoms with Crippen LogP contribution < -0.4 is 5.73 Å². The summed E-state index contributed by atoms with van der Waals surface area (Å²) >= 11 is 0. The molecule has 0 atom stereocenters. The van der Waals surface area contributed by atoms with Gasteiger partial charge in [0.2, 0.25) is 0 Å². The minimum absolute atomic E-state index is 0.213. The van der Waals surface area contributed by atoms with Crippen molar-refractivity contribution in [1.82, 2.24) is 0 Å². The van der Waals surface area contributed by atoms with Gasteiger partial charge in [-0.05, 0) is 6.08 Å². The third-order valence-corrected chi connectivity index (χ3v) is 0.687. The molecule has 3 heteroatoms. The Morgan fingerprint density at radius 1 is 1.88 bits per heavy atom. The Balaban J connectivity index is 4.13. The Bertz CT molecular complexity index is 137. The molecule has 0 bridgehead atoms. The Morgan fingerprint density at radius 2 is 2.38 bits per heavy atom. The number of nitrogens with zero attached hydrogens (tertiary/aromatic N) is 1. The lowest BCUT2D eigenvalue weighted by atomic mass is 10.3. The van der Waals surface area contributed by atoms with Crippen molar-refractivity contribution in [2.24, 2.45) is 10.7 Å². The zero-order valence-electron chi connectivity index (χ0n) is 4.72. The van der Waals surface area contributed by atoms with Crippen LogP contribution in [0.1, 0.15) is 0 Å². The van der Waals surface area contributed by atoms with Gasteiger partial charge in [0.25, 0.3) is 5.91 Å². The number of hydrogen-bond acceptors (Lipinski definition) is 2. The van der Waals surface area contributed by atoms with E-state index >= 15 is 0 Å². The molecule has 0 aliphatic rings. The zero-order chi connectivity index (χ0) is 6.57. The maximum absolute atomic E-state index is 10.2. The molecule has 0 radical (unpaired) electrons. The number of primary amides is 1. The maximum atomic E-state index is 10.2. The van der Waals surface area contributed by atoms with Gasteiger partial charge in [-0.2, -0.15) is 0 Å². The largest absolute Gasteiger partial charge is 0.364 e. The predicted molar refractivity (Wildman–Crippen MR) is 32.8 cm³/mol. The van der Waals surface area contributed by atoms with E-state index in [2.05, 4.69) is 11.6 Å². The second-order valence-electron chi connectivity index (χ2n) is 1.18. The van der Waals surface area contributed by atoms with Gasteiger partial charge in [0.1, 0.15) is 5.71 Å². The first kappa shape index (κ1) is 6.88. The minimum atomic E-state index is -0.539. The van der Waals surface area contributed by atoms with E-state index in [0.717, 1.165) is 0 Å². The normalized spacial score (nSPS) is 10.9. The molecule has 0 rings (SSSR count). The first-order valence-corrected chi connectivity index (χ1v) is 2.11. The van der Waals surface area contributed by atoms with E-state index in [1.54, 1.807) is 0 Å². The van der Waals surface area contributed by atoms with Crippen LogP contribution in [0.5, 0.6) is 0 Å². The fraction of sp³-hybridized carbons (Fsp3) is 0.200. The first-order chi connectivity index (χ1) is 3.72. The van der Waals surface area contributed by atoms with Gasteiger partial charge in [-0.25, -0.2) is 0 Å². The average Bonchev–Trinajstić information content (AvgIpc) is 1.69. The quantitative estimate of drug-likeness (QED) is 0.491. The van der Waals surface area contributed by atoms with Crippen molar-refractivity contribution in [3.8, 4) is 0 Å². The molecule has 44 valence electrons. The zero-order valence-corrected chi connectivity index (χ0v) is 4.72. The number of aliphatic imine (C=N–C) groups is 1. The summed E-state index contributed by atoms with van der Waals surface area (Å²) in [6, 6.07) is 0. The molecule has 0 aromatic carbocycles. The van der Waals surface area contributed by atoms with Crippen molar-refractivity contribution < 1.29 is 4.79 Å². The highest BCUT2D eigenvalue weighted by molar-refractivity contribution is 6.42. The van der Waals surface area contributed by atoms with Crippen LogP contribution in [-0.2, 0) is 4.79 Å². The van der Waals surface area contributed by atoms with Crippen molar-refractivity contribution in [2.75, 3.05) is 7.05 Å². The summed E-state index contributed by atoms with van der Waals surface area (Å²) in [4.78, 5) is 13.7. The van der Waals surface area contributed by atoms with E-state index in [1.807, 2.05) is 0 Å². The number of hydrogen-bond donors (Lipinski definition) is 1. The summed E-state index contributed by atoms with van der Waals surface area (Å²) < 4.78 is 0. The molecule has 0 aliphatic heterocycles. The van der Waals surface area contributed by atoms with Crippen LogP contribution in [0.4, 0.5) is 0 Å². The molecule has 0 spiro atoms. The fourth-order valence-electron chi connectivity index (χ4n) is 0.302. The van der Waals surface area contributed by atoms with Gasteiger partial charge >= 0.3 is 0 Å². The Kier molecular flexibility index (Phi) is 2.54. The Hall–Kier alpha value is -1.12. The van der Waals surface area contributed by atoms with Crippen LogP contribution in [0.2, 0.25) is 0 Å². The molecule has 0 aromatic heterocycles. The number of rotatable bonds is 2. The van der Waals surface area contributed by atoms with Crippen LogP contribution in [0.3, 0.4) is 0 Å². The van der Waals surface area contributed by atoms with Crippen LogP contribution in [0.15, 0.2) is 17.6 Å². The standard InChI is InChI=1S/C5H8N2O/c1-3-4(7-2)5(6)8/h3H,1H2,2H3,(H2,6,8). The highest BCUT2D eigenvalue weighted by atomic mass is 16.1. The molecular formula is C5H8N2O. The molecule has 0 heterocycles. The van der Waals surface area contributed by atoms with Gasteiger partial charge in [-0.15, -0.1) is 0 Å². The molecule has 0 fully saturated rings. The monoisotopic (exact) mass is 112 g/mol. The molecule has 2 N–H and O–H groups in total. The van der Waals surface area contributed by atoms with Crippen LogP contribution >= 0.6 is 0 Å². The van der Waals surface area contributed by atoms with Crippen molar-refractivity contribution in [2.45, 2.75) is 0 Å². The van der Waals surface area contributed by atoms with Crippen LogP contribution in [0.25, 0.3) is 0 Å². The molecule has 3 nitrogen and oxygen atoms in total. The molecule has 0 saturated carbocycles. The molecule has 0 unspecified atom stereocenters. The smallest absolute Gasteiger partial charge is 0.266 e. The maximum Gasteiger partial charge on any atom is 0.266 e. The van der Waals surface area contributed by atoms with Gasteiger partial charge in [0, 0.05) is 7.05 Å². The number of nitrogens with two attached hydrogens (primary N) is 1. The minimum Gasteiger partial charge on any atom is -0.364 e. The summed E-state index contributed by atoms with van der Waals surface area (Å²) in [5, 5.41) is 0. The van der Waals surface area contributed by atoms with Crippen LogP contribution in [-0.4, -0.2) is 18.7 Å². The van der Waals surface area contributed by atoms with E-state index in [9.17, 15) is 4.79 Å². The highest BCUT2D eigenvalue weighted by Crippen LogP contribution is 1.73. The van der Waals surface area contributed by atoms with Gasteiger partial charge in [-0.1, -0.05) is 6.58 Å². The van der Waals surface area contributed by atoms with E-state index in [-0.39, 0.29) is 5.71 Å². The first-order valence-electron chi connectivity index (χ1n) is 2.11. The second kappa shape index (κ2) is 2.96. The molecule has 1 amide bonds.